The third-order valence-electron chi connectivity index (χ3n) is 10.0. The second-order valence-corrected chi connectivity index (χ2v) is 21.5. The van der Waals surface area contributed by atoms with Crippen LogP contribution in [0.25, 0.3) is 0 Å². The van der Waals surface area contributed by atoms with E-state index in [-0.39, 0.29) is 80.7 Å². The maximum absolute atomic E-state index is 11.0. The van der Waals surface area contributed by atoms with Gasteiger partial charge in [-0.3, -0.25) is 0 Å². The number of carbonyl (C=O) groups is 1. The van der Waals surface area contributed by atoms with Gasteiger partial charge < -0.3 is 84.2 Å². The summed E-state index contributed by atoms with van der Waals surface area (Å²) in [5.74, 6) is -0.186. The lowest BCUT2D eigenvalue weighted by atomic mass is 10.1. The van der Waals surface area contributed by atoms with Gasteiger partial charge in [0.05, 0.1) is 101 Å². The monoisotopic (exact) mass is 1110 g/mol. The van der Waals surface area contributed by atoms with Gasteiger partial charge in [0.2, 0.25) is 0 Å². The summed E-state index contributed by atoms with van der Waals surface area (Å²) in [6.45, 7) is 37.9. The number of rotatable bonds is 12. The number of esters is 1. The van der Waals surface area contributed by atoms with Crippen LogP contribution in [0.15, 0.2) is 0 Å². The van der Waals surface area contributed by atoms with Gasteiger partial charge in [0.25, 0.3) is 0 Å². The Morgan fingerprint density at radius 1 is 0.618 bits per heavy atom. The zero-order chi connectivity index (χ0) is 60.8. The van der Waals surface area contributed by atoms with Crippen LogP contribution in [0.3, 0.4) is 0 Å². The topological polar surface area (TPSA) is 284 Å². The smallest absolute Gasteiger partial charge is 0.337 e. The third-order valence-corrected chi connectivity index (χ3v) is 10.0. The van der Waals surface area contributed by atoms with Crippen LogP contribution in [0.4, 0.5) is 0 Å². The van der Waals surface area contributed by atoms with Crippen molar-refractivity contribution in [2.45, 2.75) is 299 Å². The van der Waals surface area contributed by atoms with Crippen molar-refractivity contribution in [1.82, 2.24) is 0 Å². The van der Waals surface area contributed by atoms with Crippen molar-refractivity contribution in [2.24, 2.45) is 5.92 Å². The molecule has 5 fully saturated rings. The van der Waals surface area contributed by atoms with Crippen LogP contribution in [-0.4, -0.2) is 196 Å². The Balaban J connectivity index is -0.000000139. The highest BCUT2D eigenvalue weighted by atomic mass is 16.7. The van der Waals surface area contributed by atoms with Gasteiger partial charge in [0.15, 0.2) is 11.4 Å². The van der Waals surface area contributed by atoms with Crippen molar-refractivity contribution in [3.05, 3.63) is 0 Å². The zero-order valence-corrected chi connectivity index (χ0v) is 52.5. The second kappa shape index (κ2) is 59.9. The lowest BCUT2D eigenvalue weighted by Crippen LogP contribution is -2.38. The predicted molar refractivity (Wildman–Crippen MR) is 307 cm³/mol. The van der Waals surface area contributed by atoms with Gasteiger partial charge in [-0.15, -0.1) is 0 Å². The molecule has 10 N–H and O–H groups in total. The first kappa shape index (κ1) is 88.7. The molecule has 5 rings (SSSR count). The van der Waals surface area contributed by atoms with Crippen molar-refractivity contribution in [3.63, 3.8) is 0 Å². The Morgan fingerprint density at radius 2 is 1.08 bits per heavy atom. The third kappa shape index (κ3) is 70.8. The Kier molecular flexibility index (Phi) is 69.9. The summed E-state index contributed by atoms with van der Waals surface area (Å²) in [4.78, 5) is 11.0. The van der Waals surface area contributed by atoms with E-state index in [1.165, 1.54) is 39.2 Å². The molecule has 0 radical (unpaired) electrons. The molecule has 6 unspecified atom stereocenters. The standard InChI is InChI=1S/C8H16O3.C6H12O3.3C5H10O2.2C5H12O2.C5H10O.C5H12O.3C3H8/c1-6(2)11-8(3,4)7(9)10-5;1-6(2)8-4-5(3-7)9-6;6-4-1-2-5(7)3-4;6-4-5-2-1-3-7-5;6-4-2-1-3-5(4)7;1-5(2,4-6)7-3;1-5(2)7-4-3-6;6-5-3-1-2-4-5;1-5(2)3-4-6;3*1-3-2/h6H,1-5H3;5,7H,3-4H2,1-2H3;4-7H,1-3H2;5-6H,1-4H2;4-7H,1-3H2;6H,4H2,1-3H3;5-6H,3-4H2,1-2H3;5-6H,1-4H2;5-6H,3-4H2,1-2H3;3*3H2,1-2H3. The Hall–Kier alpha value is -1.17. The van der Waals surface area contributed by atoms with Gasteiger partial charge in [-0.2, -0.15) is 0 Å². The molecule has 0 amide bonds. The maximum Gasteiger partial charge on any atom is 0.337 e. The molecule has 0 aromatic rings. The van der Waals surface area contributed by atoms with Crippen molar-refractivity contribution < 1.29 is 89.0 Å². The van der Waals surface area contributed by atoms with E-state index in [4.69, 9.17) is 79.5 Å². The molecule has 5 aliphatic rings. The number of methoxy groups -OCH3 is 2. The van der Waals surface area contributed by atoms with Gasteiger partial charge >= 0.3 is 5.97 Å². The highest BCUT2D eigenvalue weighted by molar-refractivity contribution is 5.78. The van der Waals surface area contributed by atoms with Crippen molar-refractivity contribution in [2.75, 3.05) is 67.1 Å². The number of hydrogen-bond donors (Lipinski definition) is 10. The summed E-state index contributed by atoms with van der Waals surface area (Å²) in [5, 5.41) is 85.6. The molecule has 0 aromatic heterocycles. The van der Waals surface area contributed by atoms with E-state index in [0.717, 1.165) is 70.8 Å². The van der Waals surface area contributed by atoms with Crippen molar-refractivity contribution in [3.8, 4) is 0 Å². The Bertz CT molecular complexity index is 1090. The molecular weight excluding hydrogens is 985 g/mol. The fourth-order valence-electron chi connectivity index (χ4n) is 5.90. The second-order valence-electron chi connectivity index (χ2n) is 21.5. The summed E-state index contributed by atoms with van der Waals surface area (Å²) in [6, 6.07) is 0. The molecule has 3 saturated carbocycles. The Morgan fingerprint density at radius 3 is 1.22 bits per heavy atom. The van der Waals surface area contributed by atoms with Crippen LogP contribution < -0.4 is 0 Å². The quantitative estimate of drug-likeness (QED) is 0.0821. The fourth-order valence-corrected chi connectivity index (χ4v) is 5.90. The number of carbonyl (C=O) groups excluding carboxylic acids is 1. The largest absolute Gasteiger partial charge is 0.467 e. The minimum atomic E-state index is -0.830. The van der Waals surface area contributed by atoms with Crippen molar-refractivity contribution in [1.29, 1.82) is 0 Å². The van der Waals surface area contributed by atoms with Gasteiger partial charge in [-0.25, -0.2) is 4.79 Å². The molecule has 2 aliphatic heterocycles. The number of aliphatic hydroxyl groups is 10. The molecule has 6 atom stereocenters. The van der Waals surface area contributed by atoms with Crippen molar-refractivity contribution >= 4 is 5.97 Å². The normalized spacial score (nSPS) is 21.8. The first-order valence-corrected chi connectivity index (χ1v) is 28.7. The minimum Gasteiger partial charge on any atom is -0.467 e. The molecule has 76 heavy (non-hydrogen) atoms. The molecule has 18 heteroatoms. The average Bonchev–Trinajstić information content (AvgIpc) is 4.23. The highest BCUT2D eigenvalue weighted by Gasteiger charge is 2.32. The molecule has 0 aromatic carbocycles. The summed E-state index contributed by atoms with van der Waals surface area (Å²) in [7, 11) is 2.93. The molecule has 0 bridgehead atoms. The van der Waals surface area contributed by atoms with Crippen LogP contribution in [-0.2, 0) is 38.0 Å². The van der Waals surface area contributed by atoms with Gasteiger partial charge in [0.1, 0.15) is 6.10 Å². The molecule has 2 heterocycles. The molecule has 468 valence electrons. The molecule has 2 saturated heterocycles. The predicted octanol–water partition coefficient (Wildman–Crippen LogP) is 8.44. The number of hydrogen-bond acceptors (Lipinski definition) is 18. The summed E-state index contributed by atoms with van der Waals surface area (Å²) in [6.07, 6.45) is 15.1. The van der Waals surface area contributed by atoms with Gasteiger partial charge in [-0.1, -0.05) is 87.5 Å². The fraction of sp³-hybridized carbons (Fsp3) is 0.983. The van der Waals surface area contributed by atoms with E-state index in [1.54, 1.807) is 21.0 Å². The van der Waals surface area contributed by atoms with Crippen LogP contribution in [0.5, 0.6) is 0 Å². The number of aliphatic hydroxyl groups excluding tert-OH is 10. The van der Waals surface area contributed by atoms with Gasteiger partial charge in [0, 0.05) is 20.3 Å². The summed E-state index contributed by atoms with van der Waals surface area (Å²) < 4.78 is 35.1. The first-order valence-electron chi connectivity index (χ1n) is 28.7. The highest BCUT2D eigenvalue weighted by Crippen LogP contribution is 2.22. The summed E-state index contributed by atoms with van der Waals surface area (Å²) >= 11 is 0. The lowest BCUT2D eigenvalue weighted by Gasteiger charge is -2.24. The molecular formula is C58H128O18. The van der Waals surface area contributed by atoms with Gasteiger partial charge in [-0.05, 0) is 146 Å². The average molecular weight is 1110 g/mol. The lowest BCUT2D eigenvalue weighted by molar-refractivity contribution is -0.169. The van der Waals surface area contributed by atoms with Crippen LogP contribution >= 0.6 is 0 Å². The maximum atomic E-state index is 11.0. The van der Waals surface area contributed by atoms with Crippen LogP contribution in [0.2, 0.25) is 0 Å². The molecule has 0 spiro atoms. The van der Waals surface area contributed by atoms with E-state index < -0.39 is 23.6 Å². The van der Waals surface area contributed by atoms with E-state index in [0.29, 0.717) is 32.2 Å². The van der Waals surface area contributed by atoms with E-state index in [2.05, 4.69) is 60.1 Å². The minimum absolute atomic E-state index is 0.0316. The van der Waals surface area contributed by atoms with E-state index >= 15 is 0 Å². The number of ether oxygens (including phenoxy) is 7. The Labute approximate surface area is 465 Å². The molecule has 3 aliphatic carbocycles. The van der Waals surface area contributed by atoms with Crippen LogP contribution in [0, 0.1) is 5.92 Å². The first-order chi connectivity index (χ1) is 35.4. The molecule has 18 nitrogen and oxygen atoms in total. The van der Waals surface area contributed by atoms with E-state index in [9.17, 15) is 4.79 Å². The summed E-state index contributed by atoms with van der Waals surface area (Å²) in [5.41, 5.74) is -1.19. The van der Waals surface area contributed by atoms with E-state index in [1.807, 2.05) is 55.4 Å². The zero-order valence-electron chi connectivity index (χ0n) is 52.5. The van der Waals surface area contributed by atoms with Crippen LogP contribution in [0.1, 0.15) is 227 Å². The SMILES string of the molecule is CC(C)CCO.CC(C)OCCO.CC1(C)OCC(CO)O1.CCC.CCC.CCC.COC(=O)C(C)(C)OC(C)C.COC(C)(C)CO.OC1CCC(O)C1.OC1CCCC1.OC1CCCC1O.OCC1CCCO1.